The standard InChI is InChI=1S/C25H24N8O/c34-23(7-15-1-4-26-5-2-15)30-19-8-17(11-28-13-19)18-9-20-24(32-33-25(20)29-12-18)21-10-16-3-6-27-14-22(16)31-21/h3,6,8-15,26,31H,1-2,4-5,7H2,(H,30,34)(H,29,32,33). The topological polar surface area (TPSA) is 124 Å². The second-order valence-corrected chi connectivity index (χ2v) is 8.75. The van der Waals surface area contributed by atoms with Gasteiger partial charge in [0.05, 0.1) is 29.3 Å². The van der Waals surface area contributed by atoms with Crippen LogP contribution in [-0.4, -0.2) is 49.1 Å². The predicted octanol–water partition coefficient (Wildman–Crippen LogP) is 3.89. The number of aromatic nitrogens is 6. The number of anilines is 1. The molecule has 1 aliphatic heterocycles. The highest BCUT2D eigenvalue weighted by Gasteiger charge is 2.17. The fraction of sp³-hybridized carbons (Fsp3) is 0.240. The molecule has 9 heteroatoms. The fourth-order valence-corrected chi connectivity index (χ4v) is 4.59. The number of nitrogens with zero attached hydrogens (tertiary/aromatic N) is 4. The third kappa shape index (κ3) is 4.01. The number of carbonyl (C=O) groups is 1. The van der Waals surface area contributed by atoms with Gasteiger partial charge in [-0.15, -0.1) is 0 Å². The summed E-state index contributed by atoms with van der Waals surface area (Å²) in [4.78, 5) is 29.0. The summed E-state index contributed by atoms with van der Waals surface area (Å²) in [5, 5.41) is 15.8. The van der Waals surface area contributed by atoms with Crippen molar-refractivity contribution in [2.75, 3.05) is 18.4 Å². The minimum atomic E-state index is 0.0323. The number of rotatable bonds is 5. The molecule has 170 valence electrons. The van der Waals surface area contributed by atoms with Crippen LogP contribution in [0.3, 0.4) is 0 Å². The van der Waals surface area contributed by atoms with E-state index in [4.69, 9.17) is 0 Å². The van der Waals surface area contributed by atoms with Gasteiger partial charge in [0.15, 0.2) is 5.65 Å². The van der Waals surface area contributed by atoms with Crippen LogP contribution in [0.25, 0.3) is 44.5 Å². The molecular weight excluding hydrogens is 428 g/mol. The Morgan fingerprint density at radius 1 is 1.03 bits per heavy atom. The first-order valence-electron chi connectivity index (χ1n) is 11.5. The highest BCUT2D eigenvalue weighted by molar-refractivity contribution is 5.96. The number of aromatic amines is 2. The molecule has 0 aromatic carbocycles. The molecule has 0 bridgehead atoms. The molecule has 0 radical (unpaired) electrons. The minimum Gasteiger partial charge on any atom is -0.352 e. The Morgan fingerprint density at radius 2 is 1.91 bits per heavy atom. The Hall–Kier alpha value is -4.11. The molecule has 1 fully saturated rings. The van der Waals surface area contributed by atoms with Gasteiger partial charge in [-0.25, -0.2) is 4.98 Å². The summed E-state index contributed by atoms with van der Waals surface area (Å²) in [6, 6.07) is 8.00. The quantitative estimate of drug-likeness (QED) is 0.321. The Balaban J connectivity index is 1.27. The number of hydrogen-bond donors (Lipinski definition) is 4. The SMILES string of the molecule is O=C(CC1CCNCC1)Nc1cncc(-c2cnc3[nH]nc(-c4cc5ccncc5[nH]4)c3c2)c1. The van der Waals surface area contributed by atoms with E-state index in [1.54, 1.807) is 31.0 Å². The zero-order valence-electron chi connectivity index (χ0n) is 18.5. The van der Waals surface area contributed by atoms with E-state index < -0.39 is 0 Å². The molecule has 4 N–H and O–H groups in total. The molecular formula is C25H24N8O. The highest BCUT2D eigenvalue weighted by Crippen LogP contribution is 2.31. The van der Waals surface area contributed by atoms with Crippen LogP contribution in [0.2, 0.25) is 0 Å². The first kappa shape index (κ1) is 20.5. The maximum atomic E-state index is 12.6. The number of amides is 1. The molecule has 1 saturated heterocycles. The fourth-order valence-electron chi connectivity index (χ4n) is 4.59. The Bertz CT molecular complexity index is 1450. The Kier molecular flexibility index (Phi) is 5.23. The smallest absolute Gasteiger partial charge is 0.224 e. The summed E-state index contributed by atoms with van der Waals surface area (Å²) in [6.07, 6.45) is 11.4. The van der Waals surface area contributed by atoms with Crippen LogP contribution in [0.15, 0.2) is 55.2 Å². The lowest BCUT2D eigenvalue weighted by molar-refractivity contribution is -0.117. The highest BCUT2D eigenvalue weighted by atomic mass is 16.1. The van der Waals surface area contributed by atoms with Gasteiger partial charge in [0.1, 0.15) is 5.69 Å². The summed E-state index contributed by atoms with van der Waals surface area (Å²) < 4.78 is 0. The molecule has 1 aliphatic rings. The lowest BCUT2D eigenvalue weighted by Crippen LogP contribution is -2.30. The van der Waals surface area contributed by atoms with Gasteiger partial charge in [0.2, 0.25) is 5.91 Å². The second-order valence-electron chi connectivity index (χ2n) is 8.75. The van der Waals surface area contributed by atoms with Crippen molar-refractivity contribution in [1.29, 1.82) is 0 Å². The molecule has 34 heavy (non-hydrogen) atoms. The Morgan fingerprint density at radius 3 is 2.79 bits per heavy atom. The van der Waals surface area contributed by atoms with Crippen LogP contribution < -0.4 is 10.6 Å². The predicted molar refractivity (Wildman–Crippen MR) is 131 cm³/mol. The second kappa shape index (κ2) is 8.68. The van der Waals surface area contributed by atoms with Crippen LogP contribution >= 0.6 is 0 Å². The summed E-state index contributed by atoms with van der Waals surface area (Å²) in [5.74, 6) is 0.466. The summed E-state index contributed by atoms with van der Waals surface area (Å²) in [5.41, 5.74) is 5.80. The molecule has 6 heterocycles. The lowest BCUT2D eigenvalue weighted by atomic mass is 9.94. The number of pyridine rings is 3. The largest absolute Gasteiger partial charge is 0.352 e. The maximum absolute atomic E-state index is 12.6. The molecule has 9 nitrogen and oxygen atoms in total. The van der Waals surface area contributed by atoms with E-state index in [1.807, 2.05) is 18.2 Å². The van der Waals surface area contributed by atoms with Crippen molar-refractivity contribution >= 4 is 33.5 Å². The van der Waals surface area contributed by atoms with Crippen molar-refractivity contribution in [3.8, 4) is 22.5 Å². The number of H-pyrrole nitrogens is 2. The average Bonchev–Trinajstić information content (AvgIpc) is 3.48. The van der Waals surface area contributed by atoms with Crippen LogP contribution in [0.4, 0.5) is 5.69 Å². The van der Waals surface area contributed by atoms with E-state index in [-0.39, 0.29) is 5.91 Å². The van der Waals surface area contributed by atoms with E-state index in [9.17, 15) is 4.79 Å². The molecule has 0 unspecified atom stereocenters. The average molecular weight is 453 g/mol. The molecule has 5 aromatic rings. The number of carbonyl (C=O) groups excluding carboxylic acids is 1. The number of hydrogen-bond acceptors (Lipinski definition) is 6. The van der Waals surface area contributed by atoms with Crippen LogP contribution in [-0.2, 0) is 4.79 Å². The van der Waals surface area contributed by atoms with Gasteiger partial charge >= 0.3 is 0 Å². The number of piperidine rings is 1. The van der Waals surface area contributed by atoms with E-state index in [1.165, 1.54) is 0 Å². The van der Waals surface area contributed by atoms with Crippen LogP contribution in [0.5, 0.6) is 0 Å². The molecule has 5 aromatic heterocycles. The van der Waals surface area contributed by atoms with Gasteiger partial charge in [-0.3, -0.25) is 19.9 Å². The van der Waals surface area contributed by atoms with Crippen LogP contribution in [0.1, 0.15) is 19.3 Å². The molecule has 0 spiro atoms. The molecule has 6 rings (SSSR count). The van der Waals surface area contributed by atoms with Crippen molar-refractivity contribution in [1.82, 2.24) is 35.5 Å². The first-order chi connectivity index (χ1) is 16.7. The van der Waals surface area contributed by atoms with Crippen molar-refractivity contribution < 1.29 is 4.79 Å². The lowest BCUT2D eigenvalue weighted by Gasteiger charge is -2.21. The zero-order valence-corrected chi connectivity index (χ0v) is 18.5. The van der Waals surface area contributed by atoms with Gasteiger partial charge in [0, 0.05) is 46.9 Å². The van der Waals surface area contributed by atoms with Gasteiger partial charge < -0.3 is 15.6 Å². The summed E-state index contributed by atoms with van der Waals surface area (Å²) >= 11 is 0. The molecule has 1 amide bonds. The van der Waals surface area contributed by atoms with Crippen molar-refractivity contribution in [3.63, 3.8) is 0 Å². The number of fused-ring (bicyclic) bond motifs is 2. The molecule has 0 aliphatic carbocycles. The third-order valence-electron chi connectivity index (χ3n) is 6.38. The van der Waals surface area contributed by atoms with E-state index in [2.05, 4.69) is 46.8 Å². The normalized spacial score (nSPS) is 14.6. The van der Waals surface area contributed by atoms with E-state index >= 15 is 0 Å². The maximum Gasteiger partial charge on any atom is 0.224 e. The van der Waals surface area contributed by atoms with E-state index in [0.29, 0.717) is 23.7 Å². The van der Waals surface area contributed by atoms with Gasteiger partial charge in [-0.1, -0.05) is 0 Å². The van der Waals surface area contributed by atoms with Crippen molar-refractivity contribution in [2.45, 2.75) is 19.3 Å². The Labute approximate surface area is 195 Å². The summed E-state index contributed by atoms with van der Waals surface area (Å²) in [6.45, 7) is 1.96. The number of nitrogens with one attached hydrogen (secondary N) is 4. The van der Waals surface area contributed by atoms with Gasteiger partial charge in [0.25, 0.3) is 0 Å². The van der Waals surface area contributed by atoms with Gasteiger partial charge in [-0.05, 0) is 56.1 Å². The molecule has 0 saturated carbocycles. The zero-order chi connectivity index (χ0) is 22.9. The first-order valence-corrected chi connectivity index (χ1v) is 11.5. The minimum absolute atomic E-state index is 0.0323. The third-order valence-corrected chi connectivity index (χ3v) is 6.38. The molecule has 0 atom stereocenters. The van der Waals surface area contributed by atoms with Crippen molar-refractivity contribution in [3.05, 3.63) is 55.2 Å². The van der Waals surface area contributed by atoms with Gasteiger partial charge in [-0.2, -0.15) is 5.10 Å². The van der Waals surface area contributed by atoms with Crippen LogP contribution in [0, 0.1) is 5.92 Å². The van der Waals surface area contributed by atoms with E-state index in [0.717, 1.165) is 64.7 Å². The summed E-state index contributed by atoms with van der Waals surface area (Å²) in [7, 11) is 0. The van der Waals surface area contributed by atoms with Crippen molar-refractivity contribution in [2.24, 2.45) is 5.92 Å². The monoisotopic (exact) mass is 452 g/mol.